The lowest BCUT2D eigenvalue weighted by Crippen LogP contribution is -2.30. The Labute approximate surface area is 158 Å². The summed E-state index contributed by atoms with van der Waals surface area (Å²) in [5.41, 5.74) is 4.86. The number of amides is 1. The quantitative estimate of drug-likeness (QED) is 0.767. The summed E-state index contributed by atoms with van der Waals surface area (Å²) in [5.74, 6) is 0.459. The number of methoxy groups -OCH3 is 1. The molecule has 5 nitrogen and oxygen atoms in total. The van der Waals surface area contributed by atoms with Gasteiger partial charge in [-0.25, -0.2) is 4.98 Å². The number of hydrogen-bond donors (Lipinski definition) is 1. The summed E-state index contributed by atoms with van der Waals surface area (Å²) in [7, 11) is 1.60. The van der Waals surface area contributed by atoms with Crippen molar-refractivity contribution in [2.75, 3.05) is 23.9 Å². The molecule has 0 atom stereocenters. The summed E-state index contributed by atoms with van der Waals surface area (Å²) < 4.78 is 5.18. The van der Waals surface area contributed by atoms with Gasteiger partial charge < -0.3 is 15.0 Å². The molecule has 1 aromatic heterocycles. The maximum Gasteiger partial charge on any atom is 0.274 e. The maximum atomic E-state index is 12.4. The predicted octanol–water partition coefficient (Wildman–Crippen LogP) is 3.91. The number of fused-ring (bicyclic) bond motifs is 1. The van der Waals surface area contributed by atoms with Crippen molar-refractivity contribution in [1.29, 1.82) is 0 Å². The van der Waals surface area contributed by atoms with Gasteiger partial charge in [0.1, 0.15) is 11.4 Å². The van der Waals surface area contributed by atoms with Crippen LogP contribution in [0.5, 0.6) is 5.75 Å². The number of hydrogen-bond acceptors (Lipinski definition) is 4. The zero-order valence-electron chi connectivity index (χ0n) is 15.2. The molecular formula is C22H21N3O2. The van der Waals surface area contributed by atoms with Crippen molar-refractivity contribution in [2.24, 2.45) is 0 Å². The first kappa shape index (κ1) is 17.1. The molecule has 0 spiro atoms. The van der Waals surface area contributed by atoms with Crippen LogP contribution in [0, 0.1) is 0 Å². The molecule has 4 rings (SSSR count). The van der Waals surface area contributed by atoms with Crippen molar-refractivity contribution >= 4 is 17.3 Å². The molecule has 136 valence electrons. The molecule has 0 saturated heterocycles. The van der Waals surface area contributed by atoms with E-state index in [-0.39, 0.29) is 5.91 Å². The van der Waals surface area contributed by atoms with Crippen LogP contribution in [-0.4, -0.2) is 24.5 Å². The average molecular weight is 359 g/mol. The minimum Gasteiger partial charge on any atom is -0.497 e. The first-order chi connectivity index (χ1) is 13.2. The highest BCUT2D eigenvalue weighted by Gasteiger charge is 2.17. The molecule has 0 aliphatic carbocycles. The topological polar surface area (TPSA) is 54.5 Å². The molecule has 0 radical (unpaired) electrons. The van der Waals surface area contributed by atoms with Crippen LogP contribution in [-0.2, 0) is 13.0 Å². The number of rotatable bonds is 4. The third-order valence-corrected chi connectivity index (χ3v) is 4.80. The van der Waals surface area contributed by atoms with Crippen LogP contribution < -0.4 is 15.0 Å². The van der Waals surface area contributed by atoms with Gasteiger partial charge in [0.15, 0.2) is 0 Å². The summed E-state index contributed by atoms with van der Waals surface area (Å²) in [6.07, 6.45) is 2.79. The van der Waals surface area contributed by atoms with Crippen molar-refractivity contribution in [3.63, 3.8) is 0 Å². The van der Waals surface area contributed by atoms with Gasteiger partial charge in [-0.2, -0.15) is 0 Å². The molecule has 3 aromatic rings. The molecule has 1 N–H and O–H groups in total. The summed E-state index contributed by atoms with van der Waals surface area (Å²) in [4.78, 5) is 19.1. The monoisotopic (exact) mass is 359 g/mol. The van der Waals surface area contributed by atoms with Crippen LogP contribution in [0.1, 0.15) is 21.6 Å². The zero-order valence-corrected chi connectivity index (χ0v) is 15.2. The number of nitrogens with one attached hydrogen (secondary N) is 1. The first-order valence-electron chi connectivity index (χ1n) is 8.96. The van der Waals surface area contributed by atoms with Crippen LogP contribution in [0.25, 0.3) is 0 Å². The van der Waals surface area contributed by atoms with E-state index in [0.717, 1.165) is 25.2 Å². The van der Waals surface area contributed by atoms with Crippen molar-refractivity contribution in [2.45, 2.75) is 13.0 Å². The minimum atomic E-state index is -0.237. The third kappa shape index (κ3) is 3.77. The van der Waals surface area contributed by atoms with Crippen LogP contribution in [0.3, 0.4) is 0 Å². The largest absolute Gasteiger partial charge is 0.497 e. The molecular weight excluding hydrogens is 338 g/mol. The SMILES string of the molecule is COc1cccc(NC(=O)c2ccc(N3CCc4ccccc4C3)cn2)c1. The second kappa shape index (κ2) is 7.50. The molecule has 2 aromatic carbocycles. The number of carbonyl (C=O) groups is 1. The number of anilines is 2. The molecule has 1 aliphatic heterocycles. The van der Waals surface area contributed by atoms with Gasteiger partial charge in [-0.3, -0.25) is 4.79 Å². The van der Waals surface area contributed by atoms with E-state index in [9.17, 15) is 4.79 Å². The fraction of sp³-hybridized carbons (Fsp3) is 0.182. The van der Waals surface area contributed by atoms with Crippen LogP contribution in [0.4, 0.5) is 11.4 Å². The van der Waals surface area contributed by atoms with Crippen molar-refractivity contribution in [3.8, 4) is 5.75 Å². The standard InChI is InChI=1S/C22H21N3O2/c1-27-20-8-4-7-18(13-20)24-22(26)21-10-9-19(14-23-21)25-12-11-16-5-2-3-6-17(16)15-25/h2-10,13-14H,11-12,15H2,1H3,(H,24,26). The average Bonchev–Trinajstić information content (AvgIpc) is 2.73. The second-order valence-corrected chi connectivity index (χ2v) is 6.53. The van der Waals surface area contributed by atoms with Gasteiger partial charge in [-0.15, -0.1) is 0 Å². The number of benzene rings is 2. The third-order valence-electron chi connectivity index (χ3n) is 4.80. The lowest BCUT2D eigenvalue weighted by atomic mass is 10.00. The second-order valence-electron chi connectivity index (χ2n) is 6.53. The molecule has 2 heterocycles. The molecule has 0 bridgehead atoms. The Kier molecular flexibility index (Phi) is 4.75. The van der Waals surface area contributed by atoms with Crippen LogP contribution >= 0.6 is 0 Å². The van der Waals surface area contributed by atoms with Gasteiger partial charge in [-0.05, 0) is 41.8 Å². The van der Waals surface area contributed by atoms with Gasteiger partial charge in [0.2, 0.25) is 0 Å². The van der Waals surface area contributed by atoms with Crippen molar-refractivity contribution in [3.05, 3.63) is 83.7 Å². The number of pyridine rings is 1. The van der Waals surface area contributed by atoms with Crippen molar-refractivity contribution in [1.82, 2.24) is 4.98 Å². The molecule has 0 saturated carbocycles. The Balaban J connectivity index is 1.45. The summed E-state index contributed by atoms with van der Waals surface area (Å²) in [5, 5.41) is 2.85. The highest BCUT2D eigenvalue weighted by molar-refractivity contribution is 6.03. The maximum absolute atomic E-state index is 12.4. The molecule has 1 aliphatic rings. The van der Waals surface area contributed by atoms with Crippen LogP contribution in [0.2, 0.25) is 0 Å². The Bertz CT molecular complexity index is 954. The first-order valence-corrected chi connectivity index (χ1v) is 8.96. The Hall–Kier alpha value is -3.34. The van der Waals surface area contributed by atoms with Crippen molar-refractivity contribution < 1.29 is 9.53 Å². The normalized spacial score (nSPS) is 13.0. The smallest absolute Gasteiger partial charge is 0.274 e. The van der Waals surface area contributed by atoms with E-state index in [1.807, 2.05) is 24.3 Å². The van der Waals surface area contributed by atoms with E-state index >= 15 is 0 Å². The number of carbonyl (C=O) groups excluding carboxylic acids is 1. The lowest BCUT2D eigenvalue weighted by Gasteiger charge is -2.30. The number of aromatic nitrogens is 1. The zero-order chi connectivity index (χ0) is 18.6. The Morgan fingerprint density at radius 2 is 1.93 bits per heavy atom. The molecule has 1 amide bonds. The van der Waals surface area contributed by atoms with Gasteiger partial charge >= 0.3 is 0 Å². The Morgan fingerprint density at radius 1 is 1.07 bits per heavy atom. The van der Waals surface area contributed by atoms with E-state index in [0.29, 0.717) is 17.1 Å². The van der Waals surface area contributed by atoms with E-state index in [1.165, 1.54) is 11.1 Å². The highest BCUT2D eigenvalue weighted by Crippen LogP contribution is 2.24. The van der Waals surface area contributed by atoms with Gasteiger partial charge in [0, 0.05) is 24.8 Å². The van der Waals surface area contributed by atoms with E-state index in [1.54, 1.807) is 25.4 Å². The van der Waals surface area contributed by atoms with Crippen LogP contribution in [0.15, 0.2) is 66.9 Å². The Morgan fingerprint density at radius 3 is 2.70 bits per heavy atom. The van der Waals surface area contributed by atoms with Gasteiger partial charge in [-0.1, -0.05) is 30.3 Å². The van der Waals surface area contributed by atoms with Gasteiger partial charge in [0.05, 0.1) is 19.0 Å². The number of ether oxygens (including phenoxy) is 1. The summed E-state index contributed by atoms with van der Waals surface area (Å²) in [6.45, 7) is 1.82. The molecule has 5 heteroatoms. The predicted molar refractivity (Wildman–Crippen MR) is 106 cm³/mol. The molecule has 0 unspecified atom stereocenters. The lowest BCUT2D eigenvalue weighted by molar-refractivity contribution is 0.102. The summed E-state index contributed by atoms with van der Waals surface area (Å²) >= 11 is 0. The minimum absolute atomic E-state index is 0.237. The fourth-order valence-electron chi connectivity index (χ4n) is 3.32. The van der Waals surface area contributed by atoms with E-state index < -0.39 is 0 Å². The van der Waals surface area contributed by atoms with E-state index in [2.05, 4.69) is 39.5 Å². The van der Waals surface area contributed by atoms with E-state index in [4.69, 9.17) is 4.74 Å². The fourth-order valence-corrected chi connectivity index (χ4v) is 3.32. The van der Waals surface area contributed by atoms with Gasteiger partial charge in [0.25, 0.3) is 5.91 Å². The summed E-state index contributed by atoms with van der Waals surface area (Å²) in [6, 6.07) is 19.5. The highest BCUT2D eigenvalue weighted by atomic mass is 16.5. The number of nitrogens with zero attached hydrogens (tertiary/aromatic N) is 2. The molecule has 27 heavy (non-hydrogen) atoms. The molecule has 0 fully saturated rings.